The second kappa shape index (κ2) is 8.78. The van der Waals surface area contributed by atoms with Gasteiger partial charge in [0.15, 0.2) is 5.17 Å². The lowest BCUT2D eigenvalue weighted by molar-refractivity contribution is 0.102. The Morgan fingerprint density at radius 3 is 2.72 bits per heavy atom. The van der Waals surface area contributed by atoms with Crippen LogP contribution in [0.15, 0.2) is 53.8 Å². The number of aromatic nitrogens is 2. The van der Waals surface area contributed by atoms with Crippen molar-refractivity contribution in [3.63, 3.8) is 0 Å². The van der Waals surface area contributed by atoms with E-state index in [0.717, 1.165) is 22.7 Å². The second-order valence-electron chi connectivity index (χ2n) is 8.20. The number of halogens is 1. The smallest absolute Gasteiger partial charge is 0.257 e. The number of nitrogens with one attached hydrogen (secondary N) is 1. The molecule has 166 valence electrons. The number of anilines is 1. The minimum atomic E-state index is -0.749. The van der Waals surface area contributed by atoms with Gasteiger partial charge in [-0.05, 0) is 69.2 Å². The fourth-order valence-corrected chi connectivity index (χ4v) is 5.01. The van der Waals surface area contributed by atoms with E-state index in [1.807, 2.05) is 39.0 Å². The van der Waals surface area contributed by atoms with E-state index in [9.17, 15) is 9.18 Å². The van der Waals surface area contributed by atoms with Crippen LogP contribution in [0.4, 0.5) is 10.1 Å². The molecule has 1 aromatic carbocycles. The maximum Gasteiger partial charge on any atom is 0.257 e. The Hall–Kier alpha value is -3.13. The van der Waals surface area contributed by atoms with Gasteiger partial charge in [-0.25, -0.2) is 4.39 Å². The molecule has 6 nitrogen and oxygen atoms in total. The predicted molar refractivity (Wildman–Crippen MR) is 128 cm³/mol. The summed E-state index contributed by atoms with van der Waals surface area (Å²) < 4.78 is 16.8. The lowest BCUT2D eigenvalue weighted by atomic mass is 9.89. The van der Waals surface area contributed by atoms with E-state index < -0.39 is 5.54 Å². The molecule has 1 amide bonds. The molecule has 3 N–H and O–H groups in total. The number of benzene rings is 1. The largest absolute Gasteiger partial charge is 0.379 e. The molecule has 1 aliphatic heterocycles. The molecule has 32 heavy (non-hydrogen) atoms. The van der Waals surface area contributed by atoms with Crippen LogP contribution in [0.1, 0.15) is 46.2 Å². The Morgan fingerprint density at radius 1 is 1.25 bits per heavy atom. The zero-order chi connectivity index (χ0) is 22.9. The normalized spacial score (nSPS) is 18.3. The van der Waals surface area contributed by atoms with Crippen LogP contribution in [-0.2, 0) is 12.1 Å². The third-order valence-electron chi connectivity index (χ3n) is 5.91. The first-order valence-electron chi connectivity index (χ1n) is 10.4. The molecule has 1 unspecified atom stereocenters. The summed E-state index contributed by atoms with van der Waals surface area (Å²) in [6, 6.07) is 10.4. The van der Waals surface area contributed by atoms with Crippen LogP contribution >= 0.6 is 11.8 Å². The number of pyridine rings is 1. The van der Waals surface area contributed by atoms with Gasteiger partial charge in [0, 0.05) is 47.3 Å². The van der Waals surface area contributed by atoms with Crippen molar-refractivity contribution in [3.05, 3.63) is 82.7 Å². The maximum atomic E-state index is 14.7. The van der Waals surface area contributed by atoms with Crippen molar-refractivity contribution in [2.24, 2.45) is 10.7 Å². The minimum absolute atomic E-state index is 0.232. The highest BCUT2D eigenvalue weighted by molar-refractivity contribution is 8.13. The fourth-order valence-electron chi connectivity index (χ4n) is 4.04. The van der Waals surface area contributed by atoms with Crippen LogP contribution in [0.5, 0.6) is 0 Å². The van der Waals surface area contributed by atoms with Gasteiger partial charge >= 0.3 is 0 Å². The molecule has 0 radical (unpaired) electrons. The third-order valence-corrected chi connectivity index (χ3v) is 6.70. The Bertz CT molecular complexity index is 1190. The van der Waals surface area contributed by atoms with Gasteiger partial charge in [0.2, 0.25) is 0 Å². The molecule has 8 heteroatoms. The molecule has 3 heterocycles. The lowest BCUT2D eigenvalue weighted by Crippen LogP contribution is -2.29. The van der Waals surface area contributed by atoms with Crippen LogP contribution in [0.3, 0.4) is 0 Å². The number of carbonyl (C=O) groups is 1. The first-order chi connectivity index (χ1) is 15.3. The van der Waals surface area contributed by atoms with E-state index in [1.54, 1.807) is 24.5 Å². The molecule has 4 rings (SSSR count). The molecule has 1 atom stereocenters. The molecule has 1 aliphatic rings. The number of nitrogens with two attached hydrogens (primary N) is 1. The summed E-state index contributed by atoms with van der Waals surface area (Å²) in [7, 11) is 0. The molecule has 0 saturated carbocycles. The van der Waals surface area contributed by atoms with E-state index in [-0.39, 0.29) is 11.7 Å². The molecule has 0 bridgehead atoms. The molecule has 0 saturated heterocycles. The number of aryl methyl sites for hydroxylation is 1. The SMILES string of the molecule is Cc1cc(C(=O)Nc2ccc(F)c(C3(C)CCSC(N)=N3)c2)c(C)n1Cc1ccncc1. The Balaban J connectivity index is 1.59. The van der Waals surface area contributed by atoms with Crippen molar-refractivity contribution < 1.29 is 9.18 Å². The van der Waals surface area contributed by atoms with E-state index in [4.69, 9.17) is 5.73 Å². The highest BCUT2D eigenvalue weighted by Gasteiger charge is 2.32. The Kier molecular flexibility index (Phi) is 6.06. The molecule has 2 aromatic heterocycles. The summed E-state index contributed by atoms with van der Waals surface area (Å²) in [5, 5.41) is 3.38. The van der Waals surface area contributed by atoms with Crippen LogP contribution in [0.2, 0.25) is 0 Å². The van der Waals surface area contributed by atoms with Crippen molar-refractivity contribution in [1.29, 1.82) is 0 Å². The van der Waals surface area contributed by atoms with Crippen LogP contribution < -0.4 is 11.1 Å². The van der Waals surface area contributed by atoms with Crippen molar-refractivity contribution in [2.75, 3.05) is 11.1 Å². The van der Waals surface area contributed by atoms with Gasteiger partial charge in [-0.1, -0.05) is 11.8 Å². The number of nitrogens with zero attached hydrogens (tertiary/aromatic N) is 3. The monoisotopic (exact) mass is 451 g/mol. The molecule has 3 aromatic rings. The number of amides is 1. The first kappa shape index (κ1) is 22.1. The zero-order valence-corrected chi connectivity index (χ0v) is 19.2. The highest BCUT2D eigenvalue weighted by atomic mass is 32.2. The number of aliphatic imine (C=N–C) groups is 1. The van der Waals surface area contributed by atoms with Gasteiger partial charge in [0.25, 0.3) is 5.91 Å². The van der Waals surface area contributed by atoms with E-state index in [0.29, 0.717) is 34.9 Å². The van der Waals surface area contributed by atoms with Gasteiger partial charge in [-0.3, -0.25) is 14.8 Å². The Morgan fingerprint density at radius 2 is 2.00 bits per heavy atom. The summed E-state index contributed by atoms with van der Waals surface area (Å²) in [6.45, 7) is 6.43. The molecule has 0 aliphatic carbocycles. The number of carbonyl (C=O) groups excluding carboxylic acids is 1. The molecule has 0 fully saturated rings. The van der Waals surface area contributed by atoms with Crippen molar-refractivity contribution in [1.82, 2.24) is 9.55 Å². The predicted octanol–water partition coefficient (Wildman–Crippen LogP) is 4.61. The number of rotatable bonds is 5. The fraction of sp³-hybridized carbons (Fsp3) is 0.292. The highest BCUT2D eigenvalue weighted by Crippen LogP contribution is 2.37. The second-order valence-corrected chi connectivity index (χ2v) is 9.31. The average molecular weight is 452 g/mol. The third kappa shape index (κ3) is 4.41. The van der Waals surface area contributed by atoms with Gasteiger partial charge in [-0.2, -0.15) is 0 Å². The van der Waals surface area contributed by atoms with Crippen molar-refractivity contribution >= 4 is 28.5 Å². The van der Waals surface area contributed by atoms with Crippen LogP contribution in [-0.4, -0.2) is 26.4 Å². The summed E-state index contributed by atoms with van der Waals surface area (Å²) in [4.78, 5) is 21.6. The Labute approximate surface area is 191 Å². The molecular weight excluding hydrogens is 425 g/mol. The van der Waals surface area contributed by atoms with E-state index in [1.165, 1.54) is 17.8 Å². The van der Waals surface area contributed by atoms with Gasteiger partial charge in [0.05, 0.1) is 11.1 Å². The van der Waals surface area contributed by atoms with E-state index >= 15 is 0 Å². The number of hydrogen-bond acceptors (Lipinski definition) is 5. The van der Waals surface area contributed by atoms with Gasteiger partial charge in [-0.15, -0.1) is 0 Å². The number of amidine groups is 1. The van der Waals surface area contributed by atoms with Crippen LogP contribution in [0, 0.1) is 19.7 Å². The van der Waals surface area contributed by atoms with Gasteiger partial charge in [0.1, 0.15) is 5.82 Å². The first-order valence-corrected chi connectivity index (χ1v) is 11.4. The average Bonchev–Trinajstić information content (AvgIpc) is 3.04. The van der Waals surface area contributed by atoms with Crippen molar-refractivity contribution in [3.8, 4) is 0 Å². The molecule has 0 spiro atoms. The summed E-state index contributed by atoms with van der Waals surface area (Å²) in [5.41, 5.74) is 9.66. The van der Waals surface area contributed by atoms with Gasteiger partial charge < -0.3 is 15.6 Å². The maximum absolute atomic E-state index is 14.7. The lowest BCUT2D eigenvalue weighted by Gasteiger charge is -2.30. The summed E-state index contributed by atoms with van der Waals surface area (Å²) in [5.74, 6) is 0.180. The summed E-state index contributed by atoms with van der Waals surface area (Å²) in [6.07, 6.45) is 4.18. The molecular formula is C24H26FN5OS. The van der Waals surface area contributed by atoms with Crippen LogP contribution in [0.25, 0.3) is 0 Å². The van der Waals surface area contributed by atoms with Crippen molar-refractivity contribution in [2.45, 2.75) is 39.3 Å². The van der Waals surface area contributed by atoms with E-state index in [2.05, 4.69) is 19.9 Å². The number of hydrogen-bond donors (Lipinski definition) is 2. The minimum Gasteiger partial charge on any atom is -0.379 e. The zero-order valence-electron chi connectivity index (χ0n) is 18.4. The standard InChI is InChI=1S/C24H26FN5OS/c1-15-12-19(16(2)30(15)14-17-6-9-27-10-7-17)22(31)28-18-4-5-21(25)20(13-18)24(3)8-11-32-23(26)29-24/h4-7,9-10,12-13H,8,11,14H2,1-3H3,(H2,26,29)(H,28,31). The number of thioether (sulfide) groups is 1. The summed E-state index contributed by atoms with van der Waals surface area (Å²) >= 11 is 1.47. The quantitative estimate of drug-likeness (QED) is 0.593. The topological polar surface area (TPSA) is 85.3 Å².